The molecule has 0 bridgehead atoms. The minimum absolute atomic E-state index is 0.228. The molecule has 1 amide bonds. The number of ether oxygens (including phenoxy) is 2. The van der Waals surface area contributed by atoms with Gasteiger partial charge in [-0.25, -0.2) is 8.42 Å². The molecule has 33 heavy (non-hydrogen) atoms. The third-order valence-electron chi connectivity index (χ3n) is 5.80. The third kappa shape index (κ3) is 6.48. The van der Waals surface area contributed by atoms with Gasteiger partial charge in [0.15, 0.2) is 11.5 Å². The molecule has 1 aliphatic rings. The topological polar surface area (TPSA) is 84.9 Å². The molecular formula is C25H34N2O5S. The van der Waals surface area contributed by atoms with Gasteiger partial charge in [0.1, 0.15) is 0 Å². The number of hydrogen-bond acceptors (Lipinski definition) is 5. The molecule has 0 radical (unpaired) electrons. The molecule has 0 atom stereocenters. The van der Waals surface area contributed by atoms with E-state index in [1.807, 2.05) is 32.0 Å². The minimum Gasteiger partial charge on any atom is -0.490 e. The zero-order chi connectivity index (χ0) is 23.8. The monoisotopic (exact) mass is 474 g/mol. The number of nitrogens with one attached hydrogen (secondary N) is 1. The number of amides is 1. The van der Waals surface area contributed by atoms with Gasteiger partial charge in [-0.2, -0.15) is 4.31 Å². The molecule has 1 heterocycles. The van der Waals surface area contributed by atoms with E-state index in [0.29, 0.717) is 62.2 Å². The molecule has 1 fully saturated rings. The van der Waals surface area contributed by atoms with Gasteiger partial charge < -0.3 is 14.8 Å². The summed E-state index contributed by atoms with van der Waals surface area (Å²) in [5.41, 5.74) is 1.46. The lowest BCUT2D eigenvalue weighted by Crippen LogP contribution is -2.37. The number of piperidine rings is 1. The third-order valence-corrected chi connectivity index (χ3v) is 7.72. The lowest BCUT2D eigenvalue weighted by Gasteiger charge is -2.29. The van der Waals surface area contributed by atoms with Crippen molar-refractivity contribution < 1.29 is 22.7 Å². The smallest absolute Gasteiger partial charge is 0.251 e. The summed E-state index contributed by atoms with van der Waals surface area (Å²) in [7, 11) is -3.52. The van der Waals surface area contributed by atoms with Crippen molar-refractivity contribution in [2.75, 3.05) is 32.8 Å². The second-order valence-electron chi connectivity index (χ2n) is 8.26. The Hall–Kier alpha value is -2.58. The highest BCUT2D eigenvalue weighted by atomic mass is 32.2. The van der Waals surface area contributed by atoms with Crippen LogP contribution in [0.3, 0.4) is 0 Å². The summed E-state index contributed by atoms with van der Waals surface area (Å²) >= 11 is 0. The summed E-state index contributed by atoms with van der Waals surface area (Å²) in [6.45, 7) is 8.64. The average Bonchev–Trinajstić information content (AvgIpc) is 2.81. The van der Waals surface area contributed by atoms with E-state index in [9.17, 15) is 13.2 Å². The van der Waals surface area contributed by atoms with E-state index >= 15 is 0 Å². The Bertz CT molecular complexity index is 1030. The van der Waals surface area contributed by atoms with Crippen LogP contribution in [0.25, 0.3) is 0 Å². The molecule has 180 valence electrons. The van der Waals surface area contributed by atoms with Crippen LogP contribution in [-0.2, 0) is 16.4 Å². The van der Waals surface area contributed by atoms with Crippen molar-refractivity contribution in [3.63, 3.8) is 0 Å². The fourth-order valence-corrected chi connectivity index (χ4v) is 5.30. The standard InChI is InChI=1S/C25H34N2O5S/c1-4-31-23-11-6-20(18-24(23)32-5-2)12-15-26-25(28)21-7-9-22(10-8-21)33(29,30)27-16-13-19(3)14-17-27/h6-11,18-19H,4-5,12-17H2,1-3H3,(H,26,28). The van der Waals surface area contributed by atoms with Crippen LogP contribution in [0.5, 0.6) is 11.5 Å². The van der Waals surface area contributed by atoms with E-state index in [1.54, 1.807) is 12.1 Å². The molecule has 3 rings (SSSR count). The number of nitrogens with zero attached hydrogens (tertiary/aromatic N) is 1. The van der Waals surface area contributed by atoms with Crippen LogP contribution in [0.2, 0.25) is 0 Å². The first-order valence-corrected chi connectivity index (χ1v) is 13.1. The Kier molecular flexibility index (Phi) is 8.74. The molecule has 0 aliphatic carbocycles. The fourth-order valence-electron chi connectivity index (χ4n) is 3.83. The Labute approximate surface area is 197 Å². The lowest BCUT2D eigenvalue weighted by molar-refractivity contribution is 0.0954. The summed E-state index contributed by atoms with van der Waals surface area (Å²) in [5.74, 6) is 1.72. The van der Waals surface area contributed by atoms with Gasteiger partial charge in [-0.05, 0) is 81.0 Å². The van der Waals surface area contributed by atoms with E-state index in [4.69, 9.17) is 9.47 Å². The number of carbonyl (C=O) groups excluding carboxylic acids is 1. The molecule has 1 N–H and O–H groups in total. The zero-order valence-electron chi connectivity index (χ0n) is 19.7. The molecule has 0 aromatic heterocycles. The average molecular weight is 475 g/mol. The van der Waals surface area contributed by atoms with Gasteiger partial charge in [-0.3, -0.25) is 4.79 Å². The number of hydrogen-bond donors (Lipinski definition) is 1. The van der Waals surface area contributed by atoms with Gasteiger partial charge in [0, 0.05) is 25.2 Å². The van der Waals surface area contributed by atoms with Crippen molar-refractivity contribution in [3.05, 3.63) is 53.6 Å². The number of rotatable bonds is 10. The predicted molar refractivity (Wildman–Crippen MR) is 128 cm³/mol. The Morgan fingerprint density at radius 2 is 1.64 bits per heavy atom. The van der Waals surface area contributed by atoms with Gasteiger partial charge in [0.25, 0.3) is 5.91 Å². The van der Waals surface area contributed by atoms with E-state index < -0.39 is 10.0 Å². The predicted octanol–water partition coefficient (Wildman–Crippen LogP) is 3.88. The highest BCUT2D eigenvalue weighted by Crippen LogP contribution is 2.28. The lowest BCUT2D eigenvalue weighted by atomic mass is 10.0. The number of carbonyl (C=O) groups is 1. The summed E-state index contributed by atoms with van der Waals surface area (Å²) < 4.78 is 38.5. The van der Waals surface area contributed by atoms with E-state index in [-0.39, 0.29) is 10.8 Å². The SMILES string of the molecule is CCOc1ccc(CCNC(=O)c2ccc(S(=O)(=O)N3CCC(C)CC3)cc2)cc1OCC. The minimum atomic E-state index is -3.52. The first-order chi connectivity index (χ1) is 15.8. The van der Waals surface area contributed by atoms with E-state index in [1.165, 1.54) is 16.4 Å². The molecule has 1 saturated heterocycles. The molecule has 1 aliphatic heterocycles. The fraction of sp³-hybridized carbons (Fsp3) is 0.480. The maximum atomic E-state index is 12.8. The molecule has 0 spiro atoms. The number of sulfonamides is 1. The summed E-state index contributed by atoms with van der Waals surface area (Å²) in [5, 5.41) is 2.89. The molecule has 2 aromatic rings. The van der Waals surface area contributed by atoms with Crippen LogP contribution in [-0.4, -0.2) is 51.5 Å². The van der Waals surface area contributed by atoms with Gasteiger partial charge in [-0.15, -0.1) is 0 Å². The maximum Gasteiger partial charge on any atom is 0.251 e. The molecular weight excluding hydrogens is 440 g/mol. The second-order valence-corrected chi connectivity index (χ2v) is 10.2. The molecule has 7 nitrogen and oxygen atoms in total. The van der Waals surface area contributed by atoms with Crippen molar-refractivity contribution in [3.8, 4) is 11.5 Å². The van der Waals surface area contributed by atoms with Crippen molar-refractivity contribution in [1.29, 1.82) is 0 Å². The molecule has 2 aromatic carbocycles. The van der Waals surface area contributed by atoms with Gasteiger partial charge in [0.05, 0.1) is 18.1 Å². The van der Waals surface area contributed by atoms with E-state index in [0.717, 1.165) is 18.4 Å². The van der Waals surface area contributed by atoms with Gasteiger partial charge >= 0.3 is 0 Å². The first-order valence-electron chi connectivity index (χ1n) is 11.6. The van der Waals surface area contributed by atoms with Crippen molar-refractivity contribution >= 4 is 15.9 Å². The summed E-state index contributed by atoms with van der Waals surface area (Å²) in [6.07, 6.45) is 2.39. The Morgan fingerprint density at radius 3 is 2.27 bits per heavy atom. The first kappa shape index (κ1) is 25.1. The van der Waals surface area contributed by atoms with E-state index in [2.05, 4.69) is 12.2 Å². The van der Waals surface area contributed by atoms with Crippen LogP contribution in [0.4, 0.5) is 0 Å². The van der Waals surface area contributed by atoms with Crippen LogP contribution >= 0.6 is 0 Å². The quantitative estimate of drug-likeness (QED) is 0.565. The maximum absolute atomic E-state index is 12.8. The summed E-state index contributed by atoms with van der Waals surface area (Å²) in [4.78, 5) is 12.8. The van der Waals surface area contributed by atoms with Crippen molar-refractivity contribution in [2.45, 2.75) is 44.9 Å². The van der Waals surface area contributed by atoms with Gasteiger partial charge in [0.2, 0.25) is 10.0 Å². The number of benzene rings is 2. The van der Waals surface area contributed by atoms with Crippen LogP contribution in [0.15, 0.2) is 47.4 Å². The van der Waals surface area contributed by atoms with Crippen LogP contribution in [0.1, 0.15) is 49.5 Å². The highest BCUT2D eigenvalue weighted by Gasteiger charge is 2.28. The normalized spacial score (nSPS) is 15.2. The largest absolute Gasteiger partial charge is 0.490 e. The second kappa shape index (κ2) is 11.5. The Morgan fingerprint density at radius 1 is 1.00 bits per heavy atom. The Balaban J connectivity index is 1.56. The highest BCUT2D eigenvalue weighted by molar-refractivity contribution is 7.89. The summed E-state index contributed by atoms with van der Waals surface area (Å²) in [6, 6.07) is 11.9. The van der Waals surface area contributed by atoms with Crippen molar-refractivity contribution in [1.82, 2.24) is 9.62 Å². The molecule has 0 saturated carbocycles. The molecule has 8 heteroatoms. The molecule has 0 unspecified atom stereocenters. The van der Waals surface area contributed by atoms with Crippen LogP contribution in [0, 0.1) is 5.92 Å². The zero-order valence-corrected chi connectivity index (χ0v) is 20.5. The van der Waals surface area contributed by atoms with Gasteiger partial charge in [-0.1, -0.05) is 13.0 Å². The van der Waals surface area contributed by atoms with Crippen molar-refractivity contribution in [2.24, 2.45) is 5.92 Å². The van der Waals surface area contributed by atoms with Crippen LogP contribution < -0.4 is 14.8 Å².